The molecule has 0 aliphatic carbocycles. The van der Waals surface area contributed by atoms with E-state index in [1.165, 1.54) is 19.3 Å². The van der Waals surface area contributed by atoms with Gasteiger partial charge in [0, 0.05) is 22.3 Å². The van der Waals surface area contributed by atoms with E-state index in [4.69, 9.17) is 8.85 Å². The molecule has 2 nitrogen and oxygen atoms in total. The van der Waals surface area contributed by atoms with Crippen molar-refractivity contribution in [2.24, 2.45) is 0 Å². The molecule has 0 N–H and O–H groups in total. The number of rotatable bonds is 7. The number of hydrogen-bond donors (Lipinski definition) is 0. The predicted octanol–water partition coefficient (Wildman–Crippen LogP) is 2.94. The SMILES string of the molecule is CCCCC([SiH](OC)OC)[Si](C)(C)C. The topological polar surface area (TPSA) is 18.5 Å². The number of hydrogen-bond acceptors (Lipinski definition) is 2. The van der Waals surface area contributed by atoms with E-state index >= 15 is 0 Å². The van der Waals surface area contributed by atoms with E-state index in [1.807, 2.05) is 0 Å². The third-order valence-corrected chi connectivity index (χ3v) is 11.0. The maximum absolute atomic E-state index is 5.54. The van der Waals surface area contributed by atoms with Crippen molar-refractivity contribution < 1.29 is 8.85 Å². The molecule has 0 amide bonds. The summed E-state index contributed by atoms with van der Waals surface area (Å²) < 4.78 is 11.1. The van der Waals surface area contributed by atoms with Gasteiger partial charge in [-0.1, -0.05) is 45.8 Å². The zero-order chi connectivity index (χ0) is 11.2. The molecule has 1 atom stereocenters. The van der Waals surface area contributed by atoms with Crippen LogP contribution in [-0.2, 0) is 8.85 Å². The van der Waals surface area contributed by atoms with Crippen molar-refractivity contribution in [3.05, 3.63) is 0 Å². The van der Waals surface area contributed by atoms with Gasteiger partial charge in [0.2, 0.25) is 0 Å². The Morgan fingerprint density at radius 3 is 1.93 bits per heavy atom. The second-order valence-corrected chi connectivity index (χ2v) is 13.6. The van der Waals surface area contributed by atoms with Crippen LogP contribution in [0.25, 0.3) is 0 Å². The lowest BCUT2D eigenvalue weighted by molar-refractivity contribution is 0.271. The molecule has 14 heavy (non-hydrogen) atoms. The standard InChI is InChI=1S/C10H26O2Si2/c1-7-8-9-10(14(4,5)6)13(11-2)12-3/h10,13H,7-9H2,1-6H3. The monoisotopic (exact) mass is 234 g/mol. The molecule has 0 spiro atoms. The Balaban J connectivity index is 4.37. The van der Waals surface area contributed by atoms with Crippen LogP contribution < -0.4 is 0 Å². The van der Waals surface area contributed by atoms with E-state index < -0.39 is 17.4 Å². The lowest BCUT2D eigenvalue weighted by Crippen LogP contribution is -2.41. The summed E-state index contributed by atoms with van der Waals surface area (Å²) in [4.78, 5) is 0. The van der Waals surface area contributed by atoms with Crippen LogP contribution in [0.5, 0.6) is 0 Å². The highest BCUT2D eigenvalue weighted by atomic mass is 28.4. The molecule has 0 bridgehead atoms. The molecule has 0 heterocycles. The summed E-state index contributed by atoms with van der Waals surface area (Å²) in [5.74, 6) is 0. The lowest BCUT2D eigenvalue weighted by atomic mass is 10.3. The number of unbranched alkanes of at least 4 members (excludes halogenated alkanes) is 1. The van der Waals surface area contributed by atoms with Gasteiger partial charge in [-0.25, -0.2) is 0 Å². The summed E-state index contributed by atoms with van der Waals surface area (Å²) in [7, 11) is 1.09. The van der Waals surface area contributed by atoms with E-state index in [2.05, 4.69) is 26.6 Å². The van der Waals surface area contributed by atoms with Crippen LogP contribution in [0, 0.1) is 0 Å². The van der Waals surface area contributed by atoms with Crippen LogP contribution in [0.2, 0.25) is 24.8 Å². The van der Waals surface area contributed by atoms with Crippen LogP contribution in [0.1, 0.15) is 26.2 Å². The summed E-state index contributed by atoms with van der Waals surface area (Å²) in [6.07, 6.45) is 3.88. The van der Waals surface area contributed by atoms with Crippen LogP contribution in [0.3, 0.4) is 0 Å². The van der Waals surface area contributed by atoms with Gasteiger partial charge in [0.15, 0.2) is 0 Å². The predicted molar refractivity (Wildman–Crippen MR) is 67.8 cm³/mol. The molecule has 0 aliphatic heterocycles. The molecule has 4 heteroatoms. The Morgan fingerprint density at radius 1 is 1.14 bits per heavy atom. The summed E-state index contributed by atoms with van der Waals surface area (Å²) in [5.41, 5.74) is 0. The average molecular weight is 234 g/mol. The van der Waals surface area contributed by atoms with Crippen molar-refractivity contribution in [3.8, 4) is 0 Å². The molecule has 0 aromatic carbocycles. The first-order valence-corrected chi connectivity index (χ1v) is 10.7. The van der Waals surface area contributed by atoms with Crippen LogP contribution >= 0.6 is 0 Å². The molecule has 0 aliphatic rings. The van der Waals surface area contributed by atoms with Crippen LogP contribution in [0.4, 0.5) is 0 Å². The highest BCUT2D eigenvalue weighted by Gasteiger charge is 2.35. The van der Waals surface area contributed by atoms with Crippen molar-refractivity contribution in [3.63, 3.8) is 0 Å². The highest BCUT2D eigenvalue weighted by molar-refractivity contribution is 6.86. The zero-order valence-corrected chi connectivity index (χ0v) is 12.7. The van der Waals surface area contributed by atoms with Crippen LogP contribution in [0.15, 0.2) is 0 Å². The molecule has 0 saturated carbocycles. The molecule has 0 saturated heterocycles. The first-order chi connectivity index (χ1) is 6.47. The summed E-state index contributed by atoms with van der Waals surface area (Å²) in [6, 6.07) is 0. The molecule has 1 unspecified atom stereocenters. The van der Waals surface area contributed by atoms with Crippen LogP contribution in [-0.4, -0.2) is 31.6 Å². The van der Waals surface area contributed by atoms with Crippen molar-refractivity contribution in [2.45, 2.75) is 51.0 Å². The largest absolute Gasteiger partial charge is 0.400 e. The molecular weight excluding hydrogens is 208 g/mol. The molecule has 0 rings (SSSR count). The van der Waals surface area contributed by atoms with Gasteiger partial charge >= 0.3 is 9.28 Å². The molecule has 0 fully saturated rings. The summed E-state index contributed by atoms with van der Waals surface area (Å²) in [5, 5.41) is 0.748. The highest BCUT2D eigenvalue weighted by Crippen LogP contribution is 2.30. The smallest absolute Gasteiger partial charge is 0.321 e. The third-order valence-electron chi connectivity index (χ3n) is 2.77. The first kappa shape index (κ1) is 14.4. The first-order valence-electron chi connectivity index (χ1n) is 5.53. The minimum Gasteiger partial charge on any atom is -0.400 e. The van der Waals surface area contributed by atoms with E-state index in [-0.39, 0.29) is 0 Å². The maximum Gasteiger partial charge on any atom is 0.321 e. The normalized spacial score (nSPS) is 14.8. The Labute approximate surface area is 91.9 Å². The van der Waals surface area contributed by atoms with Crippen molar-refractivity contribution in [1.82, 2.24) is 0 Å². The third kappa shape index (κ3) is 4.73. The molecule has 0 aromatic rings. The molecule has 0 aromatic heterocycles. The van der Waals surface area contributed by atoms with Crippen molar-refractivity contribution >= 4 is 17.4 Å². The van der Waals surface area contributed by atoms with Gasteiger partial charge in [0.05, 0.1) is 0 Å². The van der Waals surface area contributed by atoms with Gasteiger partial charge in [-0.05, 0) is 5.16 Å². The quantitative estimate of drug-likeness (QED) is 0.631. The van der Waals surface area contributed by atoms with E-state index in [0.717, 1.165) is 5.16 Å². The van der Waals surface area contributed by atoms with Gasteiger partial charge in [-0.2, -0.15) is 0 Å². The van der Waals surface area contributed by atoms with Gasteiger partial charge in [-0.3, -0.25) is 0 Å². The minimum atomic E-state index is -1.40. The van der Waals surface area contributed by atoms with Gasteiger partial charge < -0.3 is 8.85 Å². The molecular formula is C10H26O2Si2. The Kier molecular flexibility index (Phi) is 6.94. The Morgan fingerprint density at radius 2 is 1.64 bits per heavy atom. The maximum atomic E-state index is 5.54. The Bertz CT molecular complexity index is 142. The minimum absolute atomic E-state index is 0.748. The van der Waals surface area contributed by atoms with Crippen molar-refractivity contribution in [2.75, 3.05) is 14.2 Å². The molecule has 0 radical (unpaired) electrons. The second-order valence-electron chi connectivity index (χ2n) is 4.95. The van der Waals surface area contributed by atoms with Gasteiger partial charge in [0.25, 0.3) is 0 Å². The van der Waals surface area contributed by atoms with Gasteiger partial charge in [-0.15, -0.1) is 0 Å². The summed E-state index contributed by atoms with van der Waals surface area (Å²) in [6.45, 7) is 9.51. The lowest BCUT2D eigenvalue weighted by Gasteiger charge is -2.32. The fraction of sp³-hybridized carbons (Fsp3) is 1.00. The average Bonchev–Trinajstić information content (AvgIpc) is 2.10. The van der Waals surface area contributed by atoms with Gasteiger partial charge in [0.1, 0.15) is 0 Å². The fourth-order valence-electron chi connectivity index (χ4n) is 1.83. The van der Waals surface area contributed by atoms with Crippen molar-refractivity contribution in [1.29, 1.82) is 0 Å². The molecule has 86 valence electrons. The zero-order valence-electron chi connectivity index (χ0n) is 10.6. The van der Waals surface area contributed by atoms with E-state index in [1.54, 1.807) is 14.2 Å². The van der Waals surface area contributed by atoms with E-state index in [0.29, 0.717) is 0 Å². The Hall–Kier alpha value is 0.354. The summed E-state index contributed by atoms with van der Waals surface area (Å²) >= 11 is 0. The van der Waals surface area contributed by atoms with E-state index in [9.17, 15) is 0 Å². The second kappa shape index (κ2) is 6.77. The fourth-order valence-corrected chi connectivity index (χ4v) is 8.34.